The number of halogens is 1. The normalized spacial score (nSPS) is 19.1. The van der Waals surface area contributed by atoms with Gasteiger partial charge in [-0.15, -0.1) is 0 Å². The van der Waals surface area contributed by atoms with E-state index in [1.165, 1.54) is 18.7 Å². The summed E-state index contributed by atoms with van der Waals surface area (Å²) in [7, 11) is -0.560. The maximum Gasteiger partial charge on any atom is 0.491 e. The summed E-state index contributed by atoms with van der Waals surface area (Å²) in [5.41, 5.74) is 1.13. The van der Waals surface area contributed by atoms with Gasteiger partial charge in [0.15, 0.2) is 5.12 Å². The smallest absolute Gasteiger partial charge is 0.400 e. The maximum absolute atomic E-state index is 11.4. The van der Waals surface area contributed by atoms with Gasteiger partial charge in [0, 0.05) is 23.3 Å². The van der Waals surface area contributed by atoms with E-state index in [2.05, 4.69) is 0 Å². The Labute approximate surface area is 158 Å². The van der Waals surface area contributed by atoms with Crippen molar-refractivity contribution >= 4 is 48.0 Å². The van der Waals surface area contributed by atoms with Crippen molar-refractivity contribution in [1.82, 2.24) is 0 Å². The molecule has 0 N–H and O–H groups in total. The highest BCUT2D eigenvalue weighted by Crippen LogP contribution is 2.39. The molecule has 4 nitrogen and oxygen atoms in total. The minimum Gasteiger partial charge on any atom is -0.400 e. The van der Waals surface area contributed by atoms with E-state index in [0.717, 1.165) is 17.3 Å². The van der Waals surface area contributed by atoms with Crippen LogP contribution in [0.3, 0.4) is 0 Å². The lowest BCUT2D eigenvalue weighted by atomic mass is 9.78. The van der Waals surface area contributed by atoms with Gasteiger partial charge in [-0.05, 0) is 56.9 Å². The first kappa shape index (κ1) is 20.2. The lowest BCUT2D eigenvalue weighted by molar-refractivity contribution is -0.109. The molecule has 0 aliphatic carbocycles. The zero-order valence-corrected chi connectivity index (χ0v) is 16.7. The van der Waals surface area contributed by atoms with Crippen molar-refractivity contribution < 1.29 is 18.9 Å². The first-order chi connectivity index (χ1) is 11.5. The highest BCUT2D eigenvalue weighted by molar-refractivity contribution is 8.13. The van der Waals surface area contributed by atoms with Gasteiger partial charge in [-0.2, -0.15) is 0 Å². The zero-order chi connectivity index (χ0) is 18.8. The lowest BCUT2D eigenvalue weighted by Gasteiger charge is -2.32. The summed E-state index contributed by atoms with van der Waals surface area (Å²) in [5.74, 6) is 0.440. The summed E-state index contributed by atoms with van der Waals surface area (Å²) in [4.78, 5) is 22.5. The van der Waals surface area contributed by atoms with Crippen molar-refractivity contribution in [1.29, 1.82) is 0 Å². The topological polar surface area (TPSA) is 52.6 Å². The van der Waals surface area contributed by atoms with Crippen molar-refractivity contribution in [2.24, 2.45) is 0 Å². The van der Waals surface area contributed by atoms with Crippen molar-refractivity contribution in [2.45, 2.75) is 45.8 Å². The van der Waals surface area contributed by atoms with Crippen molar-refractivity contribution in [3.8, 4) is 0 Å². The molecule has 0 saturated carbocycles. The molecule has 1 heterocycles. The summed E-state index contributed by atoms with van der Waals surface area (Å²) in [6, 6.07) is 5.10. The molecule has 7 heteroatoms. The summed E-state index contributed by atoms with van der Waals surface area (Å²) in [5, 5.41) is 0.491. The third kappa shape index (κ3) is 4.97. The Bertz CT molecular complexity index is 699. The second-order valence-electron chi connectivity index (χ2n) is 7.02. The van der Waals surface area contributed by atoms with E-state index in [-0.39, 0.29) is 5.12 Å². The molecular weight excluding hydrogens is 359 g/mol. The maximum atomic E-state index is 11.4. The molecule has 0 unspecified atom stereocenters. The van der Waals surface area contributed by atoms with Crippen LogP contribution in [-0.4, -0.2) is 35.5 Å². The summed E-state index contributed by atoms with van der Waals surface area (Å²) in [6.07, 6.45) is 2.62. The molecule has 0 radical (unpaired) electrons. The fraction of sp³-hybridized carbons (Fsp3) is 0.444. The molecule has 2 rings (SSSR count). The van der Waals surface area contributed by atoms with Crippen LogP contribution in [0.5, 0.6) is 0 Å². The number of thioether (sulfide) groups is 1. The fourth-order valence-electron chi connectivity index (χ4n) is 2.36. The molecule has 0 amide bonds. The molecule has 1 aromatic carbocycles. The van der Waals surface area contributed by atoms with Gasteiger partial charge in [0.2, 0.25) is 0 Å². The molecule has 1 aliphatic heterocycles. The van der Waals surface area contributed by atoms with Crippen LogP contribution >= 0.6 is 23.4 Å². The summed E-state index contributed by atoms with van der Waals surface area (Å²) in [6.45, 7) is 9.44. The number of carbonyl (C=O) groups excluding carboxylic acids is 2. The van der Waals surface area contributed by atoms with E-state index < -0.39 is 18.3 Å². The predicted octanol–water partition coefficient (Wildman–Crippen LogP) is 4.45. The molecule has 134 valence electrons. The van der Waals surface area contributed by atoms with Crippen molar-refractivity contribution in [2.75, 3.05) is 5.75 Å². The van der Waals surface area contributed by atoms with E-state index >= 15 is 0 Å². The second-order valence-corrected chi connectivity index (χ2v) is 8.61. The van der Waals surface area contributed by atoms with Crippen molar-refractivity contribution in [3.05, 3.63) is 39.8 Å². The lowest BCUT2D eigenvalue weighted by Crippen LogP contribution is -2.41. The Kier molecular flexibility index (Phi) is 6.20. The van der Waals surface area contributed by atoms with Gasteiger partial charge < -0.3 is 9.31 Å². The van der Waals surface area contributed by atoms with E-state index in [9.17, 15) is 9.59 Å². The van der Waals surface area contributed by atoms with Gasteiger partial charge in [0.1, 0.15) is 6.29 Å². The Morgan fingerprint density at radius 1 is 1.16 bits per heavy atom. The van der Waals surface area contributed by atoms with E-state index in [0.29, 0.717) is 16.3 Å². The SMILES string of the molecule is CC(=O)SCC(=Cc1cc(Cl)cc(C=O)c1)B1OC(C)(C)C(C)(C)O1. The number of benzene rings is 1. The Hall–Kier alpha value is -1.08. The molecule has 0 spiro atoms. The molecule has 0 atom stereocenters. The summed E-state index contributed by atoms with van der Waals surface area (Å²) < 4.78 is 12.2. The van der Waals surface area contributed by atoms with Gasteiger partial charge in [0.25, 0.3) is 0 Å². The predicted molar refractivity (Wildman–Crippen MR) is 104 cm³/mol. The molecule has 1 fully saturated rings. The number of hydrogen-bond acceptors (Lipinski definition) is 5. The number of rotatable bonds is 5. The Morgan fingerprint density at radius 3 is 2.24 bits per heavy atom. The molecule has 1 saturated heterocycles. The average molecular weight is 381 g/mol. The minimum atomic E-state index is -0.560. The fourth-order valence-corrected chi connectivity index (χ4v) is 3.20. The largest absolute Gasteiger partial charge is 0.491 e. The Balaban J connectivity index is 2.38. The van der Waals surface area contributed by atoms with Gasteiger partial charge >= 0.3 is 7.12 Å². The minimum absolute atomic E-state index is 0.0158. The quantitative estimate of drug-likeness (QED) is 0.558. The van der Waals surface area contributed by atoms with Crippen LogP contribution in [0.2, 0.25) is 5.02 Å². The van der Waals surface area contributed by atoms with Gasteiger partial charge in [-0.1, -0.05) is 29.4 Å². The molecular formula is C18H22BClO4S. The molecule has 25 heavy (non-hydrogen) atoms. The third-order valence-corrected chi connectivity index (χ3v) is 5.53. The van der Waals surface area contributed by atoms with Gasteiger partial charge in [0.05, 0.1) is 11.2 Å². The second kappa shape index (κ2) is 7.66. The number of aldehydes is 1. The standard InChI is InChI=1S/C18H22BClO4S/c1-12(22)25-11-15(19-23-17(2,3)18(4,5)24-19)7-13-6-14(10-21)9-16(20)8-13/h6-10H,11H2,1-5H3. The van der Waals surface area contributed by atoms with E-state index in [1.807, 2.05) is 33.8 Å². The van der Waals surface area contributed by atoms with Crippen LogP contribution in [0.1, 0.15) is 50.5 Å². The molecule has 0 aromatic heterocycles. The molecule has 1 aromatic rings. The zero-order valence-electron chi connectivity index (χ0n) is 15.1. The first-order valence-electron chi connectivity index (χ1n) is 7.99. The highest BCUT2D eigenvalue weighted by atomic mass is 35.5. The van der Waals surface area contributed by atoms with Crippen LogP contribution < -0.4 is 0 Å². The van der Waals surface area contributed by atoms with Gasteiger partial charge in [-0.25, -0.2) is 0 Å². The Morgan fingerprint density at radius 2 is 1.72 bits per heavy atom. The highest BCUT2D eigenvalue weighted by Gasteiger charge is 2.52. The number of hydrogen-bond donors (Lipinski definition) is 0. The van der Waals surface area contributed by atoms with Crippen LogP contribution in [-0.2, 0) is 14.1 Å². The monoisotopic (exact) mass is 380 g/mol. The molecule has 0 bridgehead atoms. The van der Waals surface area contributed by atoms with Crippen LogP contribution in [0.15, 0.2) is 23.7 Å². The third-order valence-electron chi connectivity index (χ3n) is 4.43. The average Bonchev–Trinajstić information content (AvgIpc) is 2.70. The van der Waals surface area contributed by atoms with E-state index in [4.69, 9.17) is 20.9 Å². The first-order valence-corrected chi connectivity index (χ1v) is 9.36. The number of carbonyl (C=O) groups is 2. The summed E-state index contributed by atoms with van der Waals surface area (Å²) >= 11 is 7.27. The van der Waals surface area contributed by atoms with Crippen LogP contribution in [0, 0.1) is 0 Å². The van der Waals surface area contributed by atoms with Crippen LogP contribution in [0.4, 0.5) is 0 Å². The van der Waals surface area contributed by atoms with Crippen LogP contribution in [0.25, 0.3) is 6.08 Å². The molecule has 1 aliphatic rings. The van der Waals surface area contributed by atoms with Gasteiger partial charge in [-0.3, -0.25) is 9.59 Å². The van der Waals surface area contributed by atoms with E-state index in [1.54, 1.807) is 18.2 Å². The van der Waals surface area contributed by atoms with Crippen molar-refractivity contribution in [3.63, 3.8) is 0 Å².